The molecule has 0 bridgehead atoms. The first kappa shape index (κ1) is 32.1. The van der Waals surface area contributed by atoms with Crippen molar-refractivity contribution in [3.63, 3.8) is 0 Å². The maximum Gasteiger partial charge on any atom is 0.266 e. The molecule has 2 fully saturated rings. The topological polar surface area (TPSA) is 131 Å². The van der Waals surface area contributed by atoms with Crippen molar-refractivity contribution in [2.45, 2.75) is 43.9 Å². The Kier molecular flexibility index (Phi) is 12.1. The average Bonchev–Trinajstić information content (AvgIpc) is 3.42. The number of carbonyl (C=O) groups excluding carboxylic acids is 1. The summed E-state index contributed by atoms with van der Waals surface area (Å²) < 4.78 is 33.0. The SMILES string of the molecule is CCCCOc1ccc(N2CCN(S(=O)(=O)C3(C(=O)NO)CCN(Cc4ncc[nH]4)CC3)CC2)cc1.Cl.Cl. The number of sulfonamides is 1. The van der Waals surface area contributed by atoms with Crippen LogP contribution in [0.3, 0.4) is 0 Å². The number of piperazine rings is 1. The van der Waals surface area contributed by atoms with E-state index in [-0.39, 0.29) is 50.7 Å². The van der Waals surface area contributed by atoms with Gasteiger partial charge in [0.2, 0.25) is 10.0 Å². The fourth-order valence-electron chi connectivity index (χ4n) is 4.89. The third kappa shape index (κ3) is 6.91. The largest absolute Gasteiger partial charge is 0.494 e. The van der Waals surface area contributed by atoms with Crippen LogP contribution in [0.2, 0.25) is 0 Å². The lowest BCUT2D eigenvalue weighted by molar-refractivity contribution is -0.133. The number of carbonyl (C=O) groups is 1. The minimum Gasteiger partial charge on any atom is -0.494 e. The Hall–Kier alpha value is -2.09. The van der Waals surface area contributed by atoms with E-state index in [1.54, 1.807) is 17.9 Å². The summed E-state index contributed by atoms with van der Waals surface area (Å²) in [6, 6.07) is 7.85. The van der Waals surface area contributed by atoms with Crippen LogP contribution in [0.15, 0.2) is 36.7 Å². The number of rotatable bonds is 10. The van der Waals surface area contributed by atoms with E-state index in [9.17, 15) is 18.4 Å². The smallest absolute Gasteiger partial charge is 0.266 e. The summed E-state index contributed by atoms with van der Waals surface area (Å²) in [6.07, 6.45) is 5.70. The predicted molar refractivity (Wildman–Crippen MR) is 150 cm³/mol. The van der Waals surface area contributed by atoms with Crippen molar-refractivity contribution >= 4 is 46.4 Å². The number of amides is 1. The Morgan fingerprint density at radius 3 is 2.32 bits per heavy atom. The zero-order chi connectivity index (χ0) is 25.6. The molecule has 2 aliphatic heterocycles. The minimum absolute atomic E-state index is 0. The maximum atomic E-state index is 13.8. The average molecular weight is 594 g/mol. The molecule has 214 valence electrons. The van der Waals surface area contributed by atoms with Gasteiger partial charge < -0.3 is 14.6 Å². The molecule has 14 heteroatoms. The first-order chi connectivity index (χ1) is 17.4. The first-order valence-corrected chi connectivity index (χ1v) is 14.0. The van der Waals surface area contributed by atoms with E-state index < -0.39 is 20.7 Å². The molecular formula is C24H38Cl2N6O5S. The molecule has 1 aromatic heterocycles. The summed E-state index contributed by atoms with van der Waals surface area (Å²) in [5.74, 6) is 0.749. The second kappa shape index (κ2) is 14.3. The number of hydrogen-bond donors (Lipinski definition) is 3. The van der Waals surface area contributed by atoms with E-state index in [1.807, 2.05) is 24.3 Å². The van der Waals surface area contributed by atoms with Crippen LogP contribution in [0.25, 0.3) is 0 Å². The summed E-state index contributed by atoms with van der Waals surface area (Å²) in [7, 11) is -4.00. The highest BCUT2D eigenvalue weighted by molar-refractivity contribution is 7.91. The first-order valence-electron chi connectivity index (χ1n) is 12.5. The lowest BCUT2D eigenvalue weighted by Gasteiger charge is -2.44. The van der Waals surface area contributed by atoms with Crippen molar-refractivity contribution in [3.8, 4) is 5.75 Å². The zero-order valence-electron chi connectivity index (χ0n) is 21.5. The van der Waals surface area contributed by atoms with E-state index in [4.69, 9.17) is 4.74 Å². The van der Waals surface area contributed by atoms with Gasteiger partial charge in [0.05, 0.1) is 13.2 Å². The van der Waals surface area contributed by atoms with Crippen LogP contribution in [0.5, 0.6) is 5.75 Å². The molecule has 3 heterocycles. The van der Waals surface area contributed by atoms with Gasteiger partial charge in [-0.25, -0.2) is 18.9 Å². The highest BCUT2D eigenvalue weighted by atomic mass is 35.5. The molecule has 0 spiro atoms. The number of aromatic amines is 1. The molecule has 38 heavy (non-hydrogen) atoms. The van der Waals surface area contributed by atoms with E-state index in [2.05, 4.69) is 26.7 Å². The van der Waals surface area contributed by atoms with E-state index >= 15 is 0 Å². The number of piperidine rings is 1. The number of benzene rings is 1. The molecule has 0 radical (unpaired) electrons. The molecule has 1 aromatic carbocycles. The van der Waals surface area contributed by atoms with Gasteiger partial charge in [0, 0.05) is 57.3 Å². The number of likely N-dealkylation sites (tertiary alicyclic amines) is 1. The number of imidazole rings is 1. The van der Waals surface area contributed by atoms with Gasteiger partial charge in [-0.05, 0) is 43.5 Å². The van der Waals surface area contributed by atoms with Gasteiger partial charge in [-0.15, -0.1) is 24.8 Å². The minimum atomic E-state index is -4.00. The molecule has 0 atom stereocenters. The van der Waals surface area contributed by atoms with Gasteiger partial charge in [0.25, 0.3) is 5.91 Å². The lowest BCUT2D eigenvalue weighted by atomic mass is 9.95. The summed E-state index contributed by atoms with van der Waals surface area (Å²) in [5, 5.41) is 9.44. The second-order valence-electron chi connectivity index (χ2n) is 9.33. The van der Waals surface area contributed by atoms with Crippen molar-refractivity contribution in [1.82, 2.24) is 24.7 Å². The summed E-state index contributed by atoms with van der Waals surface area (Å²) in [5.41, 5.74) is 2.64. The normalized spacial score (nSPS) is 18.2. The third-order valence-electron chi connectivity index (χ3n) is 7.15. The van der Waals surface area contributed by atoms with Gasteiger partial charge in [-0.1, -0.05) is 13.3 Å². The van der Waals surface area contributed by atoms with Crippen LogP contribution in [-0.4, -0.2) is 89.3 Å². The van der Waals surface area contributed by atoms with Crippen LogP contribution < -0.4 is 15.1 Å². The summed E-state index contributed by atoms with van der Waals surface area (Å²) in [6.45, 7) is 5.73. The number of aromatic nitrogens is 2. The number of halogens is 2. The quantitative estimate of drug-likeness (QED) is 0.218. The predicted octanol–water partition coefficient (Wildman–Crippen LogP) is 2.42. The van der Waals surface area contributed by atoms with Crippen LogP contribution >= 0.6 is 24.8 Å². The monoisotopic (exact) mass is 592 g/mol. The number of nitrogens with one attached hydrogen (secondary N) is 2. The van der Waals surface area contributed by atoms with Gasteiger partial charge in [0.1, 0.15) is 11.6 Å². The molecule has 0 saturated carbocycles. The Bertz CT molecular complexity index is 1090. The van der Waals surface area contributed by atoms with Gasteiger partial charge in [-0.2, -0.15) is 4.31 Å². The summed E-state index contributed by atoms with van der Waals surface area (Å²) >= 11 is 0. The number of hydroxylamine groups is 1. The lowest BCUT2D eigenvalue weighted by Crippen LogP contribution is -2.63. The standard InChI is InChI=1S/C24H36N6O5S.2ClH/c1-2-3-18-35-21-6-4-20(5-7-21)29-14-16-30(17-15-29)36(33,34)24(23(31)27-32)8-12-28(13-9-24)19-22-25-10-11-26-22;;/h4-7,10-11,32H,2-3,8-9,12-19H2,1H3,(H,25,26)(H,27,31);2*1H. The number of nitrogens with zero attached hydrogens (tertiary/aromatic N) is 4. The van der Waals surface area contributed by atoms with E-state index in [1.165, 1.54) is 4.31 Å². The van der Waals surface area contributed by atoms with Crippen molar-refractivity contribution in [3.05, 3.63) is 42.5 Å². The van der Waals surface area contributed by atoms with Crippen LogP contribution in [-0.2, 0) is 21.4 Å². The van der Waals surface area contributed by atoms with Crippen molar-refractivity contribution in [1.29, 1.82) is 0 Å². The van der Waals surface area contributed by atoms with Crippen LogP contribution in [0.4, 0.5) is 5.69 Å². The molecule has 11 nitrogen and oxygen atoms in total. The highest BCUT2D eigenvalue weighted by Crippen LogP contribution is 2.35. The Morgan fingerprint density at radius 2 is 1.76 bits per heavy atom. The molecule has 4 rings (SSSR count). The number of anilines is 1. The molecule has 0 unspecified atom stereocenters. The zero-order valence-corrected chi connectivity index (χ0v) is 24.0. The Labute approximate surface area is 236 Å². The van der Waals surface area contributed by atoms with Crippen molar-refractivity contribution in [2.75, 3.05) is 50.8 Å². The Morgan fingerprint density at radius 1 is 1.11 bits per heavy atom. The summed E-state index contributed by atoms with van der Waals surface area (Å²) in [4.78, 5) is 24.2. The molecule has 2 aliphatic rings. The van der Waals surface area contributed by atoms with Crippen LogP contribution in [0, 0.1) is 0 Å². The maximum absolute atomic E-state index is 13.8. The molecular weight excluding hydrogens is 555 g/mol. The molecule has 1 amide bonds. The van der Waals surface area contributed by atoms with Crippen molar-refractivity contribution in [2.24, 2.45) is 0 Å². The number of H-pyrrole nitrogens is 1. The fourth-order valence-corrected chi connectivity index (χ4v) is 7.01. The van der Waals surface area contributed by atoms with Gasteiger partial charge in [-0.3, -0.25) is 14.9 Å². The fraction of sp³-hybridized carbons (Fsp3) is 0.583. The number of hydrogen-bond acceptors (Lipinski definition) is 8. The van der Waals surface area contributed by atoms with Crippen LogP contribution in [0.1, 0.15) is 38.4 Å². The third-order valence-corrected chi connectivity index (χ3v) is 9.77. The Balaban J connectivity index is 0.00000253. The highest BCUT2D eigenvalue weighted by Gasteiger charge is 2.55. The second-order valence-corrected chi connectivity index (χ2v) is 11.6. The number of unbranched alkanes of at least 4 members (excludes halogenated alkanes) is 1. The van der Waals surface area contributed by atoms with Gasteiger partial charge in [0.15, 0.2) is 4.75 Å². The van der Waals surface area contributed by atoms with Crippen molar-refractivity contribution < 1.29 is 23.2 Å². The molecule has 2 aromatic rings. The number of ether oxygens (including phenoxy) is 1. The molecule has 2 saturated heterocycles. The molecule has 0 aliphatic carbocycles. The van der Waals surface area contributed by atoms with E-state index in [0.717, 1.165) is 30.1 Å². The van der Waals surface area contributed by atoms with Gasteiger partial charge >= 0.3 is 0 Å². The molecule has 3 N–H and O–H groups in total. The van der Waals surface area contributed by atoms with E-state index in [0.29, 0.717) is 39.3 Å².